The molecule has 142 valence electrons. The largest absolute Gasteiger partial charge is 0.399 e. The molecule has 1 amide bonds. The Balaban J connectivity index is 0.00000169. The molecule has 0 spiro atoms. The number of anilines is 2. The fourth-order valence-corrected chi connectivity index (χ4v) is 3.02. The van der Waals surface area contributed by atoms with E-state index >= 15 is 0 Å². The van der Waals surface area contributed by atoms with Gasteiger partial charge in [-0.3, -0.25) is 4.79 Å². The average Bonchev–Trinajstić information content (AvgIpc) is 2.97. The van der Waals surface area contributed by atoms with Crippen molar-refractivity contribution in [1.82, 2.24) is 5.32 Å². The third kappa shape index (κ3) is 4.56. The minimum atomic E-state index is -0.589. The van der Waals surface area contributed by atoms with Crippen LogP contribution in [0.2, 0.25) is 0 Å². The molecule has 1 atom stereocenters. The van der Waals surface area contributed by atoms with Crippen LogP contribution in [0.3, 0.4) is 0 Å². The summed E-state index contributed by atoms with van der Waals surface area (Å²) in [6.07, 6.45) is 0.626. The molecule has 1 saturated heterocycles. The number of para-hydroxylation sites is 1. The third-order valence-electron chi connectivity index (χ3n) is 4.28. The molecule has 3 rings (SSSR count). The van der Waals surface area contributed by atoms with E-state index in [2.05, 4.69) is 5.32 Å². The molecule has 4 nitrogen and oxygen atoms in total. The molecule has 3 N–H and O–H groups in total. The normalized spacial score (nSPS) is 15.8. The molecule has 0 bridgehead atoms. The van der Waals surface area contributed by atoms with Crippen LogP contribution in [0.15, 0.2) is 36.4 Å². The van der Waals surface area contributed by atoms with Gasteiger partial charge in [-0.05, 0) is 43.2 Å². The number of rotatable bonds is 3. The molecule has 0 radical (unpaired) electrons. The Morgan fingerprint density at radius 2 is 1.85 bits per heavy atom. The number of nitrogen functional groups attached to an aromatic ring is 1. The number of amides is 1. The Kier molecular flexibility index (Phi) is 7.66. The molecule has 1 aliphatic heterocycles. The number of benzene rings is 2. The average molecular weight is 404 g/mol. The number of carbonyl (C=O) groups is 1. The molecule has 26 heavy (non-hydrogen) atoms. The third-order valence-corrected chi connectivity index (χ3v) is 4.28. The Morgan fingerprint density at radius 1 is 1.19 bits per heavy atom. The molecule has 1 unspecified atom stereocenters. The quantitative estimate of drug-likeness (QED) is 0.767. The van der Waals surface area contributed by atoms with E-state index < -0.39 is 11.6 Å². The van der Waals surface area contributed by atoms with Gasteiger partial charge in [-0.25, -0.2) is 8.78 Å². The Labute approximate surface area is 163 Å². The summed E-state index contributed by atoms with van der Waals surface area (Å²) in [5, 5.41) is 2.92. The van der Waals surface area contributed by atoms with E-state index in [0.29, 0.717) is 30.8 Å². The van der Waals surface area contributed by atoms with Crippen molar-refractivity contribution in [3.05, 3.63) is 59.2 Å². The van der Waals surface area contributed by atoms with Gasteiger partial charge >= 0.3 is 0 Å². The van der Waals surface area contributed by atoms with Crippen LogP contribution in [0.5, 0.6) is 0 Å². The summed E-state index contributed by atoms with van der Waals surface area (Å²) in [5.74, 6) is -1.40. The van der Waals surface area contributed by atoms with Gasteiger partial charge in [0.2, 0.25) is 0 Å². The van der Waals surface area contributed by atoms with Crippen LogP contribution in [0, 0.1) is 18.6 Å². The highest BCUT2D eigenvalue weighted by atomic mass is 35.5. The fraction of sp³-hybridized carbons (Fsp3) is 0.278. The van der Waals surface area contributed by atoms with Crippen LogP contribution >= 0.6 is 24.8 Å². The van der Waals surface area contributed by atoms with Crippen LogP contribution in [-0.2, 0) is 0 Å². The molecular formula is C18H21Cl2F2N3O. The van der Waals surface area contributed by atoms with Crippen molar-refractivity contribution in [1.29, 1.82) is 0 Å². The maximum atomic E-state index is 13.9. The van der Waals surface area contributed by atoms with E-state index in [1.807, 2.05) is 6.92 Å². The van der Waals surface area contributed by atoms with Crippen LogP contribution in [0.1, 0.15) is 22.3 Å². The van der Waals surface area contributed by atoms with Crippen LogP contribution in [0.25, 0.3) is 0 Å². The van der Waals surface area contributed by atoms with Crippen molar-refractivity contribution in [2.24, 2.45) is 0 Å². The fourth-order valence-electron chi connectivity index (χ4n) is 3.02. The second-order valence-electron chi connectivity index (χ2n) is 6.05. The van der Waals surface area contributed by atoms with Crippen LogP contribution in [-0.4, -0.2) is 25.0 Å². The first-order valence-corrected chi connectivity index (χ1v) is 7.81. The molecule has 2 aromatic carbocycles. The zero-order valence-corrected chi connectivity index (χ0v) is 15.8. The molecule has 8 heteroatoms. The number of nitrogens with two attached hydrogens (primary N) is 1. The lowest BCUT2D eigenvalue weighted by molar-refractivity contribution is 0.0940. The second kappa shape index (κ2) is 9.05. The molecule has 1 heterocycles. The Bertz CT molecular complexity index is 769. The first kappa shape index (κ1) is 22.0. The number of hydrogen-bond acceptors (Lipinski definition) is 3. The van der Waals surface area contributed by atoms with Crippen molar-refractivity contribution < 1.29 is 13.6 Å². The van der Waals surface area contributed by atoms with E-state index in [1.54, 1.807) is 23.1 Å². The SMILES string of the molecule is Cc1ccc(N)cc1C(=O)NC1CCN(c2c(F)cccc2F)C1.Cl.Cl. The smallest absolute Gasteiger partial charge is 0.251 e. The first-order chi connectivity index (χ1) is 11.5. The highest BCUT2D eigenvalue weighted by Crippen LogP contribution is 2.27. The zero-order valence-electron chi connectivity index (χ0n) is 14.2. The molecule has 0 aromatic heterocycles. The van der Waals surface area contributed by atoms with Gasteiger partial charge in [-0.1, -0.05) is 12.1 Å². The summed E-state index contributed by atoms with van der Waals surface area (Å²) >= 11 is 0. The van der Waals surface area contributed by atoms with E-state index in [4.69, 9.17) is 5.73 Å². The highest BCUT2D eigenvalue weighted by Gasteiger charge is 2.28. The van der Waals surface area contributed by atoms with Gasteiger partial charge in [-0.15, -0.1) is 24.8 Å². The van der Waals surface area contributed by atoms with Crippen molar-refractivity contribution >= 4 is 42.1 Å². The van der Waals surface area contributed by atoms with Crippen molar-refractivity contribution in [3.8, 4) is 0 Å². The zero-order chi connectivity index (χ0) is 17.3. The monoisotopic (exact) mass is 403 g/mol. The molecule has 1 aliphatic rings. The van der Waals surface area contributed by atoms with Gasteiger partial charge in [0.05, 0.1) is 0 Å². The summed E-state index contributed by atoms with van der Waals surface area (Å²) in [4.78, 5) is 14.0. The van der Waals surface area contributed by atoms with Gasteiger partial charge in [0.25, 0.3) is 5.91 Å². The van der Waals surface area contributed by atoms with Crippen LogP contribution < -0.4 is 16.0 Å². The number of nitrogens with one attached hydrogen (secondary N) is 1. The van der Waals surface area contributed by atoms with Crippen LogP contribution in [0.4, 0.5) is 20.2 Å². The van der Waals surface area contributed by atoms with E-state index in [9.17, 15) is 13.6 Å². The molecule has 2 aromatic rings. The predicted molar refractivity (Wildman–Crippen MR) is 105 cm³/mol. The summed E-state index contributed by atoms with van der Waals surface area (Å²) in [7, 11) is 0. The lowest BCUT2D eigenvalue weighted by Gasteiger charge is -2.20. The number of halogens is 4. The Morgan fingerprint density at radius 3 is 2.50 bits per heavy atom. The Hall–Kier alpha value is -2.05. The predicted octanol–water partition coefficient (Wildman–Crippen LogP) is 3.71. The number of carbonyl (C=O) groups excluding carboxylic acids is 1. The molecular weight excluding hydrogens is 383 g/mol. The molecule has 1 fully saturated rings. The lowest BCUT2D eigenvalue weighted by Crippen LogP contribution is -2.37. The number of hydrogen-bond donors (Lipinski definition) is 2. The summed E-state index contributed by atoms with van der Waals surface area (Å²) in [6, 6.07) is 8.81. The van der Waals surface area contributed by atoms with E-state index in [-0.39, 0.29) is 42.5 Å². The van der Waals surface area contributed by atoms with Gasteiger partial charge < -0.3 is 16.0 Å². The minimum Gasteiger partial charge on any atom is -0.399 e. The number of nitrogens with zero attached hydrogens (tertiary/aromatic N) is 1. The van der Waals surface area contributed by atoms with E-state index in [0.717, 1.165) is 5.56 Å². The standard InChI is InChI=1S/C18H19F2N3O.2ClH/c1-11-5-6-12(21)9-14(11)18(24)22-13-7-8-23(10-13)17-15(19)3-2-4-16(17)20;;/h2-6,9,13H,7-8,10,21H2,1H3,(H,22,24);2*1H. The van der Waals surface area contributed by atoms with Crippen molar-refractivity contribution in [2.45, 2.75) is 19.4 Å². The van der Waals surface area contributed by atoms with Gasteiger partial charge in [0.15, 0.2) is 0 Å². The van der Waals surface area contributed by atoms with E-state index in [1.165, 1.54) is 18.2 Å². The highest BCUT2D eigenvalue weighted by molar-refractivity contribution is 5.96. The molecule has 0 aliphatic carbocycles. The summed E-state index contributed by atoms with van der Waals surface area (Å²) in [5.41, 5.74) is 7.57. The summed E-state index contributed by atoms with van der Waals surface area (Å²) in [6.45, 7) is 2.69. The van der Waals surface area contributed by atoms with Crippen molar-refractivity contribution in [2.75, 3.05) is 23.7 Å². The first-order valence-electron chi connectivity index (χ1n) is 7.81. The van der Waals surface area contributed by atoms with Gasteiger partial charge in [-0.2, -0.15) is 0 Å². The van der Waals surface area contributed by atoms with Gasteiger partial charge in [0.1, 0.15) is 17.3 Å². The molecule has 0 saturated carbocycles. The number of aryl methyl sites for hydroxylation is 1. The topological polar surface area (TPSA) is 58.4 Å². The minimum absolute atomic E-state index is 0. The maximum Gasteiger partial charge on any atom is 0.251 e. The second-order valence-corrected chi connectivity index (χ2v) is 6.05. The van der Waals surface area contributed by atoms with Gasteiger partial charge in [0, 0.05) is 30.4 Å². The maximum absolute atomic E-state index is 13.9. The van der Waals surface area contributed by atoms with Crippen molar-refractivity contribution in [3.63, 3.8) is 0 Å². The summed E-state index contributed by atoms with van der Waals surface area (Å²) < 4.78 is 27.7. The lowest BCUT2D eigenvalue weighted by atomic mass is 10.1.